The minimum atomic E-state index is -4.45. The van der Waals surface area contributed by atoms with Crippen LogP contribution in [-0.4, -0.2) is 6.03 Å². The fraction of sp³-hybridized carbons (Fsp3) is 0.0714. The molecular weight excluding hydrogens is 301 g/mol. The maximum atomic E-state index is 12.6. The van der Waals surface area contributed by atoms with Gasteiger partial charge >= 0.3 is 12.2 Å². The monoisotopic (exact) mass is 312 g/mol. The normalized spacial score (nSPS) is 11.0. The van der Waals surface area contributed by atoms with Crippen molar-refractivity contribution in [3.63, 3.8) is 0 Å². The van der Waals surface area contributed by atoms with Crippen molar-refractivity contribution in [2.24, 2.45) is 0 Å². The third-order valence-corrected chi connectivity index (χ3v) is 2.87. The lowest BCUT2D eigenvalue weighted by Crippen LogP contribution is -2.19. The third-order valence-electron chi connectivity index (χ3n) is 2.57. The van der Waals surface area contributed by atoms with Crippen LogP contribution in [-0.2, 0) is 6.18 Å². The third kappa shape index (κ3) is 4.42. The Kier molecular flexibility index (Phi) is 4.42. The van der Waals surface area contributed by atoms with Crippen LogP contribution in [0, 0.1) is 0 Å². The van der Waals surface area contributed by atoms with Crippen molar-refractivity contribution in [1.29, 1.82) is 0 Å². The summed E-state index contributed by atoms with van der Waals surface area (Å²) in [6, 6.07) is 10.4. The quantitative estimate of drug-likeness (QED) is 0.695. The number of carbonyl (C=O) groups excluding carboxylic acids is 1. The summed E-state index contributed by atoms with van der Waals surface area (Å²) in [4.78, 5) is 12.4. The van der Waals surface area contributed by atoms with Gasteiger partial charge in [0.05, 0.1) is 5.56 Å². The van der Waals surface area contributed by atoms with Crippen molar-refractivity contribution < 1.29 is 18.0 Å². The molecule has 0 heterocycles. The van der Waals surface area contributed by atoms with E-state index in [2.05, 4.69) is 23.3 Å². The number of halogens is 3. The molecule has 0 spiro atoms. The molecule has 0 bridgehead atoms. The lowest BCUT2D eigenvalue weighted by Gasteiger charge is -2.10. The molecule has 0 atom stereocenters. The van der Waals surface area contributed by atoms with Crippen LogP contribution in [0.25, 0.3) is 0 Å². The smallest absolute Gasteiger partial charge is 0.308 e. The molecule has 21 heavy (non-hydrogen) atoms. The second-order valence-electron chi connectivity index (χ2n) is 4.20. The van der Waals surface area contributed by atoms with E-state index in [1.807, 2.05) is 0 Å². The van der Waals surface area contributed by atoms with Gasteiger partial charge in [-0.15, -0.1) is 12.6 Å². The van der Waals surface area contributed by atoms with E-state index in [9.17, 15) is 18.0 Å². The van der Waals surface area contributed by atoms with E-state index < -0.39 is 17.8 Å². The van der Waals surface area contributed by atoms with Crippen LogP contribution < -0.4 is 10.6 Å². The van der Waals surface area contributed by atoms with Gasteiger partial charge in [0, 0.05) is 16.3 Å². The van der Waals surface area contributed by atoms with Crippen LogP contribution in [0.1, 0.15) is 5.56 Å². The molecular formula is C14H11F3N2OS. The Bertz CT molecular complexity index is 641. The molecule has 0 saturated heterocycles. The van der Waals surface area contributed by atoms with Crippen LogP contribution in [0.3, 0.4) is 0 Å². The zero-order valence-corrected chi connectivity index (χ0v) is 11.5. The predicted octanol–water partition coefficient (Wildman–Crippen LogP) is 4.64. The number of carbonyl (C=O) groups is 1. The predicted molar refractivity (Wildman–Crippen MR) is 77.8 cm³/mol. The first-order chi connectivity index (χ1) is 9.84. The van der Waals surface area contributed by atoms with E-state index in [0.29, 0.717) is 5.69 Å². The Morgan fingerprint density at radius 3 is 2.19 bits per heavy atom. The standard InChI is InChI=1S/C14H11F3N2OS/c15-14(16,17)9-2-1-3-11(8-9)19-13(20)18-10-4-6-12(21)7-5-10/h1-8,21H,(H2,18,19,20). The van der Waals surface area contributed by atoms with E-state index in [4.69, 9.17) is 0 Å². The molecule has 3 nitrogen and oxygen atoms in total. The Hall–Kier alpha value is -2.15. The van der Waals surface area contributed by atoms with Crippen LogP contribution in [0.2, 0.25) is 0 Å². The van der Waals surface area contributed by atoms with Gasteiger partial charge in [0.1, 0.15) is 0 Å². The first-order valence-electron chi connectivity index (χ1n) is 5.89. The van der Waals surface area contributed by atoms with Crippen LogP contribution in [0.5, 0.6) is 0 Å². The number of benzene rings is 2. The highest BCUT2D eigenvalue weighted by atomic mass is 32.1. The highest BCUT2D eigenvalue weighted by molar-refractivity contribution is 7.80. The van der Waals surface area contributed by atoms with Gasteiger partial charge in [-0.05, 0) is 42.5 Å². The van der Waals surface area contributed by atoms with Gasteiger partial charge in [0.25, 0.3) is 0 Å². The summed E-state index contributed by atoms with van der Waals surface area (Å²) in [7, 11) is 0. The molecule has 0 aliphatic carbocycles. The lowest BCUT2D eigenvalue weighted by molar-refractivity contribution is -0.137. The minimum absolute atomic E-state index is 0.0631. The van der Waals surface area contributed by atoms with Gasteiger partial charge in [-0.2, -0.15) is 13.2 Å². The second kappa shape index (κ2) is 6.09. The average Bonchev–Trinajstić information content (AvgIpc) is 2.41. The zero-order valence-electron chi connectivity index (χ0n) is 10.6. The van der Waals surface area contributed by atoms with Crippen molar-refractivity contribution in [2.75, 3.05) is 10.6 Å². The van der Waals surface area contributed by atoms with Gasteiger partial charge in [0.15, 0.2) is 0 Å². The second-order valence-corrected chi connectivity index (χ2v) is 4.72. The summed E-state index contributed by atoms with van der Waals surface area (Å²) in [6.45, 7) is 0. The minimum Gasteiger partial charge on any atom is -0.308 e. The fourth-order valence-corrected chi connectivity index (χ4v) is 1.76. The molecule has 7 heteroatoms. The molecule has 2 aromatic rings. The largest absolute Gasteiger partial charge is 0.416 e. The van der Waals surface area contributed by atoms with E-state index in [1.165, 1.54) is 12.1 Å². The number of alkyl halides is 3. The van der Waals surface area contributed by atoms with Gasteiger partial charge in [-0.1, -0.05) is 6.07 Å². The van der Waals surface area contributed by atoms with Crippen molar-refractivity contribution in [2.45, 2.75) is 11.1 Å². The summed E-state index contributed by atoms with van der Waals surface area (Å²) in [5.74, 6) is 0. The van der Waals surface area contributed by atoms with Crippen LogP contribution >= 0.6 is 12.6 Å². The maximum absolute atomic E-state index is 12.6. The zero-order chi connectivity index (χ0) is 15.5. The summed E-state index contributed by atoms with van der Waals surface area (Å²) >= 11 is 4.11. The van der Waals surface area contributed by atoms with E-state index in [-0.39, 0.29) is 5.69 Å². The van der Waals surface area contributed by atoms with Gasteiger partial charge in [0.2, 0.25) is 0 Å². The number of amides is 2. The van der Waals surface area contributed by atoms with Gasteiger partial charge < -0.3 is 10.6 Å². The summed E-state index contributed by atoms with van der Waals surface area (Å²) in [5, 5.41) is 4.86. The first kappa shape index (κ1) is 15.2. The van der Waals surface area contributed by atoms with Crippen LogP contribution in [0.4, 0.5) is 29.3 Å². The van der Waals surface area contributed by atoms with E-state index >= 15 is 0 Å². The molecule has 110 valence electrons. The van der Waals surface area contributed by atoms with Crippen molar-refractivity contribution in [1.82, 2.24) is 0 Å². The highest BCUT2D eigenvalue weighted by Crippen LogP contribution is 2.30. The molecule has 2 N–H and O–H groups in total. The summed E-state index contributed by atoms with van der Waals surface area (Å²) in [6.07, 6.45) is -4.45. The number of hydrogen-bond donors (Lipinski definition) is 3. The van der Waals surface area contributed by atoms with E-state index in [1.54, 1.807) is 24.3 Å². The molecule has 2 aromatic carbocycles. The Morgan fingerprint density at radius 2 is 1.57 bits per heavy atom. The maximum Gasteiger partial charge on any atom is 0.416 e. The topological polar surface area (TPSA) is 41.1 Å². The van der Waals surface area contributed by atoms with E-state index in [0.717, 1.165) is 17.0 Å². The van der Waals surface area contributed by atoms with Crippen molar-refractivity contribution in [3.05, 3.63) is 54.1 Å². The van der Waals surface area contributed by atoms with Crippen molar-refractivity contribution >= 4 is 30.0 Å². The molecule has 0 radical (unpaired) electrons. The number of nitrogens with one attached hydrogen (secondary N) is 2. The molecule has 0 fully saturated rings. The van der Waals surface area contributed by atoms with Gasteiger partial charge in [-0.25, -0.2) is 4.79 Å². The Morgan fingerprint density at radius 1 is 0.952 bits per heavy atom. The Labute approximate surface area is 124 Å². The molecule has 0 aromatic heterocycles. The number of hydrogen-bond acceptors (Lipinski definition) is 2. The molecule has 2 amide bonds. The average molecular weight is 312 g/mol. The van der Waals surface area contributed by atoms with Crippen LogP contribution in [0.15, 0.2) is 53.4 Å². The fourth-order valence-electron chi connectivity index (χ4n) is 1.61. The molecule has 0 aliphatic heterocycles. The highest BCUT2D eigenvalue weighted by Gasteiger charge is 2.30. The summed E-state index contributed by atoms with van der Waals surface area (Å²) in [5.41, 5.74) is -0.245. The number of urea groups is 1. The SMILES string of the molecule is O=C(Nc1ccc(S)cc1)Nc1cccc(C(F)(F)F)c1. The number of anilines is 2. The molecule has 0 aliphatic rings. The van der Waals surface area contributed by atoms with Crippen molar-refractivity contribution in [3.8, 4) is 0 Å². The summed E-state index contributed by atoms with van der Waals surface area (Å²) < 4.78 is 37.7. The molecule has 0 unspecified atom stereocenters. The molecule has 2 rings (SSSR count). The Balaban J connectivity index is 2.04. The first-order valence-corrected chi connectivity index (χ1v) is 6.33. The number of rotatable bonds is 2. The number of thiol groups is 1. The molecule has 0 saturated carbocycles. The lowest BCUT2D eigenvalue weighted by atomic mass is 10.2. The van der Waals surface area contributed by atoms with Gasteiger partial charge in [-0.3, -0.25) is 0 Å².